The van der Waals surface area contributed by atoms with Crippen LogP contribution in [0.4, 0.5) is 5.69 Å². The minimum Gasteiger partial charge on any atom is -0.396 e. The predicted molar refractivity (Wildman–Crippen MR) is 84.3 cm³/mol. The Balaban J connectivity index is 2.40. The first kappa shape index (κ1) is 15.7. The molecule has 0 aliphatic carbocycles. The average molecular weight is 308 g/mol. The van der Waals surface area contributed by atoms with Crippen molar-refractivity contribution in [3.8, 4) is 0 Å². The van der Waals surface area contributed by atoms with E-state index in [0.29, 0.717) is 27.5 Å². The number of hydrogen-bond donors (Lipinski definition) is 2. The third-order valence-electron chi connectivity index (χ3n) is 3.54. The molecule has 114 valence electrons. The number of nitrogen functional groups attached to an aromatic ring is 1. The SMILES string of the molecule is CCC(CC)N(CCO)C(=O)c1sc2nccnc2c1N. The van der Waals surface area contributed by atoms with E-state index in [1.807, 2.05) is 13.8 Å². The van der Waals surface area contributed by atoms with Gasteiger partial charge in [0.1, 0.15) is 15.2 Å². The Morgan fingerprint density at radius 3 is 2.62 bits per heavy atom. The molecule has 3 N–H and O–H groups in total. The number of aromatic nitrogens is 2. The van der Waals surface area contributed by atoms with Gasteiger partial charge >= 0.3 is 0 Å². The number of amides is 1. The van der Waals surface area contributed by atoms with Crippen molar-refractivity contribution >= 4 is 33.3 Å². The number of nitrogens with zero attached hydrogens (tertiary/aromatic N) is 3. The molecule has 0 saturated heterocycles. The van der Waals surface area contributed by atoms with Gasteiger partial charge in [0.25, 0.3) is 5.91 Å². The first-order valence-electron chi connectivity index (χ1n) is 7.04. The van der Waals surface area contributed by atoms with Crippen LogP contribution in [0.25, 0.3) is 10.3 Å². The summed E-state index contributed by atoms with van der Waals surface area (Å²) in [5.41, 5.74) is 7.00. The highest BCUT2D eigenvalue weighted by atomic mass is 32.1. The fraction of sp³-hybridized carbons (Fsp3) is 0.500. The minimum atomic E-state index is -0.153. The van der Waals surface area contributed by atoms with Crippen LogP contribution < -0.4 is 5.73 Å². The fourth-order valence-corrected chi connectivity index (χ4v) is 3.40. The number of carbonyl (C=O) groups is 1. The van der Waals surface area contributed by atoms with Crippen molar-refractivity contribution in [1.29, 1.82) is 0 Å². The smallest absolute Gasteiger partial charge is 0.266 e. The van der Waals surface area contributed by atoms with Crippen molar-refractivity contribution in [2.75, 3.05) is 18.9 Å². The molecule has 7 heteroatoms. The van der Waals surface area contributed by atoms with Gasteiger partial charge in [0.2, 0.25) is 0 Å². The highest BCUT2D eigenvalue weighted by Crippen LogP contribution is 2.32. The number of anilines is 1. The lowest BCUT2D eigenvalue weighted by Gasteiger charge is -2.29. The maximum atomic E-state index is 12.8. The molecule has 0 aliphatic heterocycles. The zero-order chi connectivity index (χ0) is 15.4. The normalized spacial score (nSPS) is 11.2. The summed E-state index contributed by atoms with van der Waals surface area (Å²) >= 11 is 1.25. The van der Waals surface area contributed by atoms with Crippen LogP contribution >= 0.6 is 11.3 Å². The first-order valence-corrected chi connectivity index (χ1v) is 7.86. The molecule has 21 heavy (non-hydrogen) atoms. The van der Waals surface area contributed by atoms with Gasteiger partial charge in [-0.05, 0) is 12.8 Å². The van der Waals surface area contributed by atoms with Gasteiger partial charge in [-0.15, -0.1) is 11.3 Å². The number of hydrogen-bond acceptors (Lipinski definition) is 6. The number of fused-ring (bicyclic) bond motifs is 1. The molecule has 0 spiro atoms. The average Bonchev–Trinajstić information content (AvgIpc) is 2.84. The van der Waals surface area contributed by atoms with Crippen LogP contribution in [0.3, 0.4) is 0 Å². The Morgan fingerprint density at radius 1 is 1.38 bits per heavy atom. The summed E-state index contributed by atoms with van der Waals surface area (Å²) in [5, 5.41) is 9.24. The summed E-state index contributed by atoms with van der Waals surface area (Å²) in [4.78, 5) is 24.0. The summed E-state index contributed by atoms with van der Waals surface area (Å²) in [6.07, 6.45) is 4.82. The summed E-state index contributed by atoms with van der Waals surface area (Å²) < 4.78 is 0. The van der Waals surface area contributed by atoms with Crippen molar-refractivity contribution < 1.29 is 9.90 Å². The third-order valence-corrected chi connectivity index (χ3v) is 4.63. The number of aliphatic hydroxyl groups excluding tert-OH is 1. The van der Waals surface area contributed by atoms with E-state index in [1.54, 1.807) is 17.3 Å². The standard InChI is InChI=1S/C14H20N4O2S/c1-3-9(4-2)18(7-8-19)14(20)12-10(15)11-13(21-12)17-6-5-16-11/h5-6,9,19H,3-4,7-8,15H2,1-2H3. The molecule has 2 aromatic heterocycles. The lowest BCUT2D eigenvalue weighted by molar-refractivity contribution is 0.0628. The Labute approximate surface area is 127 Å². The van der Waals surface area contributed by atoms with Crippen LogP contribution in [0.5, 0.6) is 0 Å². The molecule has 1 amide bonds. The van der Waals surface area contributed by atoms with Crippen LogP contribution in [-0.4, -0.2) is 45.1 Å². The van der Waals surface area contributed by atoms with Crippen LogP contribution in [0.2, 0.25) is 0 Å². The van der Waals surface area contributed by atoms with E-state index in [9.17, 15) is 9.90 Å². The molecule has 0 atom stereocenters. The van der Waals surface area contributed by atoms with Crippen LogP contribution in [0.1, 0.15) is 36.4 Å². The molecule has 0 saturated carbocycles. The second-order valence-electron chi connectivity index (χ2n) is 4.75. The molecule has 0 bridgehead atoms. The van der Waals surface area contributed by atoms with E-state index in [4.69, 9.17) is 5.73 Å². The molecular weight excluding hydrogens is 288 g/mol. The summed E-state index contributed by atoms with van der Waals surface area (Å²) in [5.74, 6) is -0.153. The van der Waals surface area contributed by atoms with Crippen LogP contribution in [-0.2, 0) is 0 Å². The monoisotopic (exact) mass is 308 g/mol. The summed E-state index contributed by atoms with van der Waals surface area (Å²) in [6.45, 7) is 4.30. The van der Waals surface area contributed by atoms with E-state index >= 15 is 0 Å². The Hall–Kier alpha value is -1.73. The number of thiophene rings is 1. The van der Waals surface area contributed by atoms with Gasteiger partial charge in [0.15, 0.2) is 0 Å². The number of aliphatic hydroxyl groups is 1. The van der Waals surface area contributed by atoms with Gasteiger partial charge in [0.05, 0.1) is 12.3 Å². The van der Waals surface area contributed by atoms with Crippen molar-refractivity contribution in [2.45, 2.75) is 32.7 Å². The van der Waals surface area contributed by atoms with E-state index in [0.717, 1.165) is 12.8 Å². The van der Waals surface area contributed by atoms with E-state index < -0.39 is 0 Å². The highest BCUT2D eigenvalue weighted by molar-refractivity contribution is 7.21. The molecule has 0 aliphatic rings. The second kappa shape index (κ2) is 6.82. The Kier molecular flexibility index (Phi) is 5.08. The highest BCUT2D eigenvalue weighted by Gasteiger charge is 2.26. The summed E-state index contributed by atoms with van der Waals surface area (Å²) in [7, 11) is 0. The molecule has 2 aromatic rings. The molecule has 0 fully saturated rings. The van der Waals surface area contributed by atoms with Gasteiger partial charge < -0.3 is 15.7 Å². The first-order chi connectivity index (χ1) is 10.1. The molecule has 0 radical (unpaired) electrons. The van der Waals surface area contributed by atoms with Gasteiger partial charge in [-0.2, -0.15) is 0 Å². The van der Waals surface area contributed by atoms with Crippen molar-refractivity contribution in [3.05, 3.63) is 17.3 Å². The van der Waals surface area contributed by atoms with Gasteiger partial charge in [-0.3, -0.25) is 4.79 Å². The lowest BCUT2D eigenvalue weighted by atomic mass is 10.1. The quantitative estimate of drug-likeness (QED) is 0.850. The number of nitrogens with two attached hydrogens (primary N) is 1. The van der Waals surface area contributed by atoms with E-state index in [1.165, 1.54) is 11.3 Å². The van der Waals surface area contributed by atoms with Gasteiger partial charge in [-0.25, -0.2) is 9.97 Å². The molecule has 2 heterocycles. The summed E-state index contributed by atoms with van der Waals surface area (Å²) in [6, 6.07) is 0.0928. The maximum Gasteiger partial charge on any atom is 0.266 e. The number of rotatable bonds is 6. The number of carbonyl (C=O) groups excluding carboxylic acids is 1. The van der Waals surface area contributed by atoms with Crippen molar-refractivity contribution in [3.63, 3.8) is 0 Å². The lowest BCUT2D eigenvalue weighted by Crippen LogP contribution is -2.41. The molecule has 0 unspecified atom stereocenters. The van der Waals surface area contributed by atoms with E-state index in [2.05, 4.69) is 9.97 Å². The zero-order valence-electron chi connectivity index (χ0n) is 12.2. The Bertz CT molecular complexity index is 624. The second-order valence-corrected chi connectivity index (χ2v) is 5.75. The zero-order valence-corrected chi connectivity index (χ0v) is 13.1. The fourth-order valence-electron chi connectivity index (χ4n) is 2.42. The molecule has 0 aromatic carbocycles. The minimum absolute atomic E-state index is 0.0659. The van der Waals surface area contributed by atoms with Gasteiger partial charge in [-0.1, -0.05) is 13.8 Å². The third kappa shape index (κ3) is 2.98. The molecule has 6 nitrogen and oxygen atoms in total. The largest absolute Gasteiger partial charge is 0.396 e. The van der Waals surface area contributed by atoms with E-state index in [-0.39, 0.29) is 18.6 Å². The maximum absolute atomic E-state index is 12.8. The predicted octanol–water partition coefficient (Wildman–Crippen LogP) is 1.90. The topological polar surface area (TPSA) is 92.3 Å². The van der Waals surface area contributed by atoms with Crippen LogP contribution in [0.15, 0.2) is 12.4 Å². The molecular formula is C14H20N4O2S. The van der Waals surface area contributed by atoms with Crippen LogP contribution in [0, 0.1) is 0 Å². The van der Waals surface area contributed by atoms with Crippen molar-refractivity contribution in [1.82, 2.24) is 14.9 Å². The van der Waals surface area contributed by atoms with Crippen molar-refractivity contribution in [2.24, 2.45) is 0 Å². The molecule has 2 rings (SSSR count). The Morgan fingerprint density at radius 2 is 2.05 bits per heavy atom. The van der Waals surface area contributed by atoms with Gasteiger partial charge in [0, 0.05) is 25.0 Å².